The zero-order chi connectivity index (χ0) is 37.5. The molecule has 10 aromatic carbocycles. The van der Waals surface area contributed by atoms with Crippen molar-refractivity contribution in [2.75, 3.05) is 0 Å². The molecular weight excluding hydrogens is 673 g/mol. The normalized spacial score (nSPS) is 14.7. The third kappa shape index (κ3) is 4.04. The van der Waals surface area contributed by atoms with Crippen LogP contribution in [0, 0.1) is 0 Å². The van der Waals surface area contributed by atoms with Crippen LogP contribution in [0.5, 0.6) is 0 Å². The van der Waals surface area contributed by atoms with Crippen molar-refractivity contribution in [3.8, 4) is 44.5 Å². The highest BCUT2D eigenvalue weighted by Gasteiger charge is 2.41. The molecule has 0 amide bonds. The van der Waals surface area contributed by atoms with Crippen molar-refractivity contribution in [1.82, 2.24) is 0 Å². The Morgan fingerprint density at radius 1 is 0.250 bits per heavy atom. The van der Waals surface area contributed by atoms with Crippen LogP contribution in [0.3, 0.4) is 0 Å². The topological polar surface area (TPSA) is 0 Å². The van der Waals surface area contributed by atoms with Gasteiger partial charge in [-0.15, -0.1) is 0 Å². The van der Waals surface area contributed by atoms with Crippen molar-refractivity contribution in [2.24, 2.45) is 0 Å². The molecule has 0 radical (unpaired) electrons. The van der Waals surface area contributed by atoms with Gasteiger partial charge in [0, 0.05) is 10.8 Å². The van der Waals surface area contributed by atoms with E-state index in [9.17, 15) is 0 Å². The summed E-state index contributed by atoms with van der Waals surface area (Å²) in [6.45, 7) is 9.74. The number of fused-ring (bicyclic) bond motifs is 15. The van der Waals surface area contributed by atoms with E-state index in [1.165, 1.54) is 121 Å². The van der Waals surface area contributed by atoms with Gasteiger partial charge in [0.15, 0.2) is 0 Å². The summed E-state index contributed by atoms with van der Waals surface area (Å²) in [6.07, 6.45) is 0. The summed E-state index contributed by atoms with van der Waals surface area (Å²) >= 11 is 0. The minimum absolute atomic E-state index is 0.146. The molecule has 2 aliphatic rings. The Bertz CT molecular complexity index is 3350. The van der Waals surface area contributed by atoms with Gasteiger partial charge in [0.25, 0.3) is 0 Å². The number of rotatable bonds is 2. The summed E-state index contributed by atoms with van der Waals surface area (Å²) in [7, 11) is 0. The highest BCUT2D eigenvalue weighted by atomic mass is 14.4. The summed E-state index contributed by atoms with van der Waals surface area (Å²) in [5.41, 5.74) is 16.0. The fourth-order valence-electron chi connectivity index (χ4n) is 10.9. The first kappa shape index (κ1) is 31.8. The Morgan fingerprint density at radius 2 is 0.589 bits per heavy atom. The number of hydrogen-bond donors (Lipinski definition) is 0. The van der Waals surface area contributed by atoms with Gasteiger partial charge in [-0.25, -0.2) is 0 Å². The molecule has 0 heteroatoms. The fourth-order valence-corrected chi connectivity index (χ4v) is 10.9. The molecule has 56 heavy (non-hydrogen) atoms. The SMILES string of the molecule is CC1(C)c2ccc3ccccc3c2-c2c1cc(-c1cc3c(c4ccccc14)-c1c(cc(-c4cccc5ccccc45)c4ccccc14)C3(C)C)c1ccccc21. The quantitative estimate of drug-likeness (QED) is 0.167. The summed E-state index contributed by atoms with van der Waals surface area (Å²) in [5, 5.41) is 13.1. The molecule has 264 valence electrons. The molecule has 0 saturated carbocycles. The van der Waals surface area contributed by atoms with Crippen LogP contribution >= 0.6 is 0 Å². The van der Waals surface area contributed by atoms with Crippen molar-refractivity contribution in [3.63, 3.8) is 0 Å². The lowest BCUT2D eigenvalue weighted by Gasteiger charge is -2.25. The smallest absolute Gasteiger partial charge is 0.0159 e. The van der Waals surface area contributed by atoms with Crippen LogP contribution < -0.4 is 0 Å². The number of benzene rings is 10. The Labute approximate surface area is 327 Å². The van der Waals surface area contributed by atoms with Crippen LogP contribution in [-0.2, 0) is 10.8 Å². The maximum absolute atomic E-state index is 2.57. The van der Waals surface area contributed by atoms with Gasteiger partial charge in [-0.05, 0) is 139 Å². The van der Waals surface area contributed by atoms with Gasteiger partial charge in [0.1, 0.15) is 0 Å². The van der Waals surface area contributed by atoms with Crippen LogP contribution in [0.4, 0.5) is 0 Å². The highest BCUT2D eigenvalue weighted by Crippen LogP contribution is 2.59. The molecule has 0 fully saturated rings. The van der Waals surface area contributed by atoms with Gasteiger partial charge in [-0.2, -0.15) is 0 Å². The first-order valence-corrected chi connectivity index (χ1v) is 20.0. The van der Waals surface area contributed by atoms with E-state index in [-0.39, 0.29) is 10.8 Å². The molecule has 12 rings (SSSR count). The number of hydrogen-bond acceptors (Lipinski definition) is 0. The molecule has 10 aromatic rings. The predicted octanol–water partition coefficient (Wildman–Crippen LogP) is 15.4. The standard InChI is InChI=1S/C56H40/c1-55(2)47-29-28-34-17-6-8-20-36(34)51(47)52-42-25-13-10-22-39(42)45(31-48(52)55)46-32-50-54(43-26-14-11-23-40(43)46)53-41-24-12-9-21-38(41)44(30-49(53)56(50,3)4)37-27-15-18-33-16-5-7-19-35(33)37/h5-32H,1-4H3. The third-order valence-electron chi connectivity index (χ3n) is 13.6. The van der Waals surface area contributed by atoms with Crippen LogP contribution in [0.2, 0.25) is 0 Å². The monoisotopic (exact) mass is 712 g/mol. The lowest BCUT2D eigenvalue weighted by molar-refractivity contribution is 0.660. The Morgan fingerprint density at radius 3 is 1.09 bits per heavy atom. The van der Waals surface area contributed by atoms with E-state index in [4.69, 9.17) is 0 Å². The second kappa shape index (κ2) is 11.1. The van der Waals surface area contributed by atoms with E-state index in [1.807, 2.05) is 0 Å². The van der Waals surface area contributed by atoms with Crippen molar-refractivity contribution < 1.29 is 0 Å². The van der Waals surface area contributed by atoms with Crippen molar-refractivity contribution in [2.45, 2.75) is 38.5 Å². The second-order valence-corrected chi connectivity index (χ2v) is 17.2. The molecule has 0 aliphatic heterocycles. The first-order valence-electron chi connectivity index (χ1n) is 20.0. The van der Waals surface area contributed by atoms with Crippen LogP contribution in [0.1, 0.15) is 49.9 Å². The summed E-state index contributed by atoms with van der Waals surface area (Å²) in [6, 6.07) is 64.3. The van der Waals surface area contributed by atoms with E-state index in [0.717, 1.165) is 0 Å². The van der Waals surface area contributed by atoms with Gasteiger partial charge < -0.3 is 0 Å². The molecule has 0 nitrogen and oxygen atoms in total. The lowest BCUT2D eigenvalue weighted by atomic mass is 9.78. The van der Waals surface area contributed by atoms with E-state index in [2.05, 4.69) is 198 Å². The highest BCUT2D eigenvalue weighted by molar-refractivity contribution is 6.21. The maximum Gasteiger partial charge on any atom is 0.0159 e. The summed E-state index contributed by atoms with van der Waals surface area (Å²) < 4.78 is 0. The minimum Gasteiger partial charge on any atom is -0.0616 e. The molecule has 0 aromatic heterocycles. The average molecular weight is 713 g/mol. The van der Waals surface area contributed by atoms with Crippen LogP contribution in [0.15, 0.2) is 170 Å². The molecule has 0 N–H and O–H groups in total. The predicted molar refractivity (Wildman–Crippen MR) is 240 cm³/mol. The fraction of sp³-hybridized carbons (Fsp3) is 0.107. The average Bonchev–Trinajstić information content (AvgIpc) is 3.62. The second-order valence-electron chi connectivity index (χ2n) is 17.2. The molecule has 0 spiro atoms. The van der Waals surface area contributed by atoms with Crippen molar-refractivity contribution >= 4 is 53.9 Å². The molecule has 0 saturated heterocycles. The molecule has 2 aliphatic carbocycles. The van der Waals surface area contributed by atoms with Gasteiger partial charge in [0.05, 0.1) is 0 Å². The van der Waals surface area contributed by atoms with Crippen LogP contribution in [0.25, 0.3) is 98.4 Å². The van der Waals surface area contributed by atoms with E-state index in [0.29, 0.717) is 0 Å². The van der Waals surface area contributed by atoms with Gasteiger partial charge in [-0.1, -0.05) is 179 Å². The van der Waals surface area contributed by atoms with Crippen molar-refractivity contribution in [3.05, 3.63) is 192 Å². The van der Waals surface area contributed by atoms with E-state index in [1.54, 1.807) is 0 Å². The zero-order valence-corrected chi connectivity index (χ0v) is 32.2. The summed E-state index contributed by atoms with van der Waals surface area (Å²) in [4.78, 5) is 0. The Balaban J connectivity index is 1.16. The molecule has 0 unspecified atom stereocenters. The largest absolute Gasteiger partial charge is 0.0616 e. The first-order chi connectivity index (χ1) is 27.3. The molecule has 0 heterocycles. The summed E-state index contributed by atoms with van der Waals surface area (Å²) in [5.74, 6) is 0. The molecular formula is C56H40. The zero-order valence-electron chi connectivity index (χ0n) is 32.2. The molecule has 0 bridgehead atoms. The van der Waals surface area contributed by atoms with Gasteiger partial charge >= 0.3 is 0 Å². The maximum atomic E-state index is 2.57. The van der Waals surface area contributed by atoms with Gasteiger partial charge in [-0.3, -0.25) is 0 Å². The molecule has 0 atom stereocenters. The van der Waals surface area contributed by atoms with Crippen molar-refractivity contribution in [1.29, 1.82) is 0 Å². The third-order valence-corrected chi connectivity index (χ3v) is 13.6. The van der Waals surface area contributed by atoms with E-state index >= 15 is 0 Å². The van der Waals surface area contributed by atoms with E-state index < -0.39 is 0 Å². The van der Waals surface area contributed by atoms with Crippen LogP contribution in [-0.4, -0.2) is 0 Å². The Hall–Kier alpha value is -6.50. The lowest BCUT2D eigenvalue weighted by Crippen LogP contribution is -2.16. The minimum atomic E-state index is -0.228. The van der Waals surface area contributed by atoms with Gasteiger partial charge in [0.2, 0.25) is 0 Å². The Kier molecular flexibility index (Phi) is 6.28.